The van der Waals surface area contributed by atoms with Crippen molar-refractivity contribution in [3.05, 3.63) is 56.5 Å². The third kappa shape index (κ3) is 5.18. The number of nitrogens with zero attached hydrogens (tertiary/aromatic N) is 2. The highest BCUT2D eigenvalue weighted by Crippen LogP contribution is 2.36. The maximum atomic E-state index is 12.7. The molecule has 2 aromatic carbocycles. The third-order valence-corrected chi connectivity index (χ3v) is 4.26. The number of hydrogen-bond acceptors (Lipinski definition) is 2. The van der Waals surface area contributed by atoms with Gasteiger partial charge in [-0.2, -0.15) is 26.3 Å². The van der Waals surface area contributed by atoms with Crippen LogP contribution < -0.4 is 5.43 Å². The van der Waals surface area contributed by atoms with Gasteiger partial charge in [0.15, 0.2) is 0 Å². The first-order valence-corrected chi connectivity index (χ1v) is 7.97. The Labute approximate surface area is 154 Å². The van der Waals surface area contributed by atoms with E-state index >= 15 is 0 Å². The molecule has 134 valence electrons. The van der Waals surface area contributed by atoms with Gasteiger partial charge >= 0.3 is 12.4 Å². The van der Waals surface area contributed by atoms with E-state index in [4.69, 9.17) is 0 Å². The Morgan fingerprint density at radius 3 is 1.84 bits per heavy atom. The summed E-state index contributed by atoms with van der Waals surface area (Å²) in [6, 6.07) is 5.61. The maximum Gasteiger partial charge on any atom is 0.416 e. The topological polar surface area (TPSA) is 36.8 Å². The highest BCUT2D eigenvalue weighted by Gasteiger charge is 2.31. The smallest absolute Gasteiger partial charge is 0.259 e. The molecule has 0 amide bonds. The molecule has 0 aliphatic heterocycles. The van der Waals surface area contributed by atoms with Crippen molar-refractivity contribution in [2.45, 2.75) is 12.4 Å². The van der Waals surface area contributed by atoms with Crippen molar-refractivity contribution in [1.82, 2.24) is 0 Å². The van der Waals surface area contributed by atoms with Crippen LogP contribution in [-0.2, 0) is 12.4 Å². The maximum absolute atomic E-state index is 12.7. The number of benzene rings is 2. The molecule has 0 saturated carbocycles. The van der Waals surface area contributed by atoms with E-state index in [9.17, 15) is 26.3 Å². The number of halogens is 8. The van der Waals surface area contributed by atoms with Gasteiger partial charge in [0.05, 0.1) is 16.8 Å². The molecular weight excluding hydrogens is 484 g/mol. The zero-order valence-corrected chi connectivity index (χ0v) is 15.1. The van der Waals surface area contributed by atoms with Crippen LogP contribution in [0.4, 0.5) is 37.7 Å². The molecular formula is C14H7Br2F6N3. The third-order valence-electron chi connectivity index (χ3n) is 2.90. The van der Waals surface area contributed by atoms with E-state index in [1.54, 1.807) is 0 Å². The number of nitrogens with one attached hydrogen (secondary N) is 1. The summed E-state index contributed by atoms with van der Waals surface area (Å²) in [5, 5.41) is 7.03. The van der Waals surface area contributed by atoms with Gasteiger partial charge in [0, 0.05) is 8.95 Å². The van der Waals surface area contributed by atoms with E-state index in [2.05, 4.69) is 47.6 Å². The molecule has 2 aromatic rings. The first kappa shape index (κ1) is 19.7. The van der Waals surface area contributed by atoms with Gasteiger partial charge in [0.25, 0.3) is 0 Å². The fraction of sp³-hybridized carbons (Fsp3) is 0.143. The lowest BCUT2D eigenvalue weighted by molar-refractivity contribution is -0.138. The van der Waals surface area contributed by atoms with Crippen LogP contribution in [0.1, 0.15) is 11.1 Å². The predicted molar refractivity (Wildman–Crippen MR) is 86.4 cm³/mol. The summed E-state index contributed by atoms with van der Waals surface area (Å²) in [6.07, 6.45) is -9.10. The van der Waals surface area contributed by atoms with E-state index in [0.717, 1.165) is 30.3 Å². The summed E-state index contributed by atoms with van der Waals surface area (Å²) in [6.45, 7) is 0. The SMILES string of the molecule is FC(F)(F)c1ccc(Br)c(N=NNc2cc(C(F)(F)F)ccc2Br)c1. The van der Waals surface area contributed by atoms with Crippen LogP contribution in [0, 0.1) is 0 Å². The summed E-state index contributed by atoms with van der Waals surface area (Å²) >= 11 is 6.08. The lowest BCUT2D eigenvalue weighted by Crippen LogP contribution is -2.05. The molecule has 0 fully saturated rings. The molecule has 0 radical (unpaired) electrons. The molecule has 2 rings (SSSR count). The van der Waals surface area contributed by atoms with Crippen LogP contribution in [0.25, 0.3) is 0 Å². The zero-order chi connectivity index (χ0) is 18.8. The minimum absolute atomic E-state index is 0.0401. The molecule has 25 heavy (non-hydrogen) atoms. The largest absolute Gasteiger partial charge is 0.416 e. The summed E-state index contributed by atoms with van der Waals surface area (Å²) in [5.74, 6) is 0. The Bertz CT molecular complexity index is 802. The van der Waals surface area contributed by atoms with Gasteiger partial charge in [-0.05, 0) is 68.3 Å². The number of rotatable bonds is 3. The lowest BCUT2D eigenvalue weighted by atomic mass is 10.2. The van der Waals surface area contributed by atoms with Crippen LogP contribution in [-0.4, -0.2) is 0 Å². The second-order valence-electron chi connectivity index (χ2n) is 4.67. The normalized spacial score (nSPS) is 12.6. The average Bonchev–Trinajstić information content (AvgIpc) is 2.48. The van der Waals surface area contributed by atoms with Crippen molar-refractivity contribution in [3.8, 4) is 0 Å². The molecule has 0 atom stereocenters. The molecule has 0 unspecified atom stereocenters. The van der Waals surface area contributed by atoms with Crippen LogP contribution in [0.5, 0.6) is 0 Å². The monoisotopic (exact) mass is 489 g/mol. The molecule has 0 aliphatic rings. The van der Waals surface area contributed by atoms with Crippen molar-refractivity contribution in [1.29, 1.82) is 0 Å². The van der Waals surface area contributed by atoms with Crippen LogP contribution in [0.3, 0.4) is 0 Å². The molecule has 1 N–H and O–H groups in total. The number of anilines is 1. The van der Waals surface area contributed by atoms with Crippen molar-refractivity contribution in [2.24, 2.45) is 10.3 Å². The van der Waals surface area contributed by atoms with Gasteiger partial charge in [0.2, 0.25) is 0 Å². The van der Waals surface area contributed by atoms with Crippen LogP contribution in [0.2, 0.25) is 0 Å². The van der Waals surface area contributed by atoms with E-state index in [1.165, 1.54) is 6.07 Å². The number of hydrogen-bond donors (Lipinski definition) is 1. The highest BCUT2D eigenvalue weighted by molar-refractivity contribution is 9.11. The Balaban J connectivity index is 2.25. The van der Waals surface area contributed by atoms with E-state index in [-0.39, 0.29) is 20.3 Å². The Morgan fingerprint density at radius 1 is 0.760 bits per heavy atom. The molecule has 0 bridgehead atoms. The van der Waals surface area contributed by atoms with Crippen LogP contribution in [0.15, 0.2) is 55.7 Å². The van der Waals surface area contributed by atoms with Gasteiger partial charge in [0.1, 0.15) is 5.69 Å². The summed E-state index contributed by atoms with van der Waals surface area (Å²) in [7, 11) is 0. The first-order chi connectivity index (χ1) is 11.5. The van der Waals surface area contributed by atoms with Gasteiger partial charge in [-0.15, -0.1) is 5.11 Å². The van der Waals surface area contributed by atoms with Crippen molar-refractivity contribution in [2.75, 3.05) is 5.43 Å². The molecule has 0 aliphatic carbocycles. The van der Waals surface area contributed by atoms with E-state index < -0.39 is 23.5 Å². The molecule has 0 aromatic heterocycles. The highest BCUT2D eigenvalue weighted by atomic mass is 79.9. The second-order valence-corrected chi connectivity index (χ2v) is 6.38. The summed E-state index contributed by atoms with van der Waals surface area (Å²) in [4.78, 5) is 0. The van der Waals surface area contributed by atoms with Crippen molar-refractivity contribution in [3.63, 3.8) is 0 Å². The molecule has 0 spiro atoms. The minimum atomic E-state index is -4.55. The molecule has 0 heterocycles. The Hall–Kier alpha value is -1.62. The van der Waals surface area contributed by atoms with Gasteiger partial charge in [-0.3, -0.25) is 5.43 Å². The van der Waals surface area contributed by atoms with E-state index in [0.29, 0.717) is 0 Å². The molecule has 11 heteroatoms. The fourth-order valence-electron chi connectivity index (χ4n) is 1.69. The van der Waals surface area contributed by atoms with Gasteiger partial charge in [-0.1, -0.05) is 5.22 Å². The average molecular weight is 491 g/mol. The second kappa shape index (κ2) is 7.32. The summed E-state index contributed by atoms with van der Waals surface area (Å²) in [5.41, 5.74) is 0.260. The predicted octanol–water partition coefficient (Wildman–Crippen LogP) is 7.36. The molecule has 3 nitrogen and oxygen atoms in total. The van der Waals surface area contributed by atoms with Crippen molar-refractivity contribution < 1.29 is 26.3 Å². The molecule has 0 saturated heterocycles. The Morgan fingerprint density at radius 2 is 1.28 bits per heavy atom. The van der Waals surface area contributed by atoms with Gasteiger partial charge in [-0.25, -0.2) is 0 Å². The zero-order valence-electron chi connectivity index (χ0n) is 11.9. The van der Waals surface area contributed by atoms with E-state index in [1.807, 2.05) is 0 Å². The van der Waals surface area contributed by atoms with Gasteiger partial charge < -0.3 is 0 Å². The minimum Gasteiger partial charge on any atom is -0.259 e. The van der Waals surface area contributed by atoms with Crippen molar-refractivity contribution >= 4 is 43.2 Å². The quantitative estimate of drug-likeness (QED) is 0.272. The number of alkyl halides is 6. The lowest BCUT2D eigenvalue weighted by Gasteiger charge is -2.10. The fourth-order valence-corrected chi connectivity index (χ4v) is 2.35. The Kier molecular flexibility index (Phi) is 5.77. The van der Waals surface area contributed by atoms with Crippen LogP contribution >= 0.6 is 31.9 Å². The summed E-state index contributed by atoms with van der Waals surface area (Å²) < 4.78 is 76.6. The standard InChI is InChI=1S/C14H7Br2F6N3/c15-9-3-1-7(13(17,18)19)5-11(9)23-25-24-12-6-8(14(20,21)22)2-4-10(12)16/h1-6H,(H,23,24). The first-order valence-electron chi connectivity index (χ1n) is 6.39.